The molecule has 4 nitrogen and oxygen atoms in total. The van der Waals surface area contributed by atoms with Crippen molar-refractivity contribution in [1.29, 1.82) is 0 Å². The molecule has 0 aromatic rings. The lowest BCUT2D eigenvalue weighted by atomic mass is 9.80. The molecule has 0 aromatic heterocycles. The molecule has 0 radical (unpaired) electrons. The quantitative estimate of drug-likeness (QED) is 0.658. The van der Waals surface area contributed by atoms with Crippen molar-refractivity contribution in [3.63, 3.8) is 0 Å². The molecule has 0 saturated carbocycles. The number of nitrogens with zero attached hydrogens (tertiary/aromatic N) is 1. The Morgan fingerprint density at radius 3 is 2.05 bits per heavy atom. The van der Waals surface area contributed by atoms with Gasteiger partial charge in [-0.1, -0.05) is 45.4 Å². The molecule has 1 rings (SSSR count). The Hall–Kier alpha value is -1.06. The van der Waals surface area contributed by atoms with E-state index in [2.05, 4.69) is 6.92 Å². The summed E-state index contributed by atoms with van der Waals surface area (Å²) < 4.78 is 0. The van der Waals surface area contributed by atoms with Crippen LogP contribution in [-0.2, 0) is 9.59 Å². The van der Waals surface area contributed by atoms with Gasteiger partial charge < -0.3 is 10.0 Å². The number of rotatable bonds is 9. The highest BCUT2D eigenvalue weighted by atomic mass is 16.4. The standard InChI is InChI=1S/C17H31NO3/c1-3-4-5-6-7-8-9-10-15(19)18-13-11-17(2,12-14-18)16(20)21/h3-14H2,1-2H3,(H,20,21). The number of carbonyl (C=O) groups is 2. The summed E-state index contributed by atoms with van der Waals surface area (Å²) in [6.07, 6.45) is 10.3. The van der Waals surface area contributed by atoms with Gasteiger partial charge in [-0.15, -0.1) is 0 Å². The number of amides is 1. The molecule has 4 heteroatoms. The molecule has 0 atom stereocenters. The first-order valence-corrected chi connectivity index (χ1v) is 8.51. The summed E-state index contributed by atoms with van der Waals surface area (Å²) in [6.45, 7) is 5.19. The third-order valence-electron chi connectivity index (χ3n) is 4.73. The fourth-order valence-corrected chi connectivity index (χ4v) is 2.85. The summed E-state index contributed by atoms with van der Waals surface area (Å²) in [5, 5.41) is 9.18. The second-order valence-corrected chi connectivity index (χ2v) is 6.62. The van der Waals surface area contributed by atoms with Crippen LogP contribution in [0.25, 0.3) is 0 Å². The zero-order chi connectivity index (χ0) is 15.7. The highest BCUT2D eigenvalue weighted by Crippen LogP contribution is 2.31. The number of aliphatic carboxylic acids is 1. The molecule has 1 saturated heterocycles. The topological polar surface area (TPSA) is 57.6 Å². The molecule has 0 bridgehead atoms. The first-order valence-electron chi connectivity index (χ1n) is 8.51. The number of unbranched alkanes of at least 4 members (excludes halogenated alkanes) is 6. The van der Waals surface area contributed by atoms with E-state index in [9.17, 15) is 14.7 Å². The van der Waals surface area contributed by atoms with Crippen molar-refractivity contribution in [3.05, 3.63) is 0 Å². The van der Waals surface area contributed by atoms with Gasteiger partial charge in [-0.2, -0.15) is 0 Å². The van der Waals surface area contributed by atoms with Crippen LogP contribution >= 0.6 is 0 Å². The van der Waals surface area contributed by atoms with Gasteiger partial charge in [-0.25, -0.2) is 0 Å². The summed E-state index contributed by atoms with van der Waals surface area (Å²) in [7, 11) is 0. The van der Waals surface area contributed by atoms with Crippen LogP contribution in [0, 0.1) is 5.41 Å². The van der Waals surface area contributed by atoms with E-state index in [0.29, 0.717) is 32.4 Å². The maximum Gasteiger partial charge on any atom is 0.309 e. The molecule has 0 aromatic carbocycles. The normalized spacial score (nSPS) is 17.7. The van der Waals surface area contributed by atoms with Crippen LogP contribution in [-0.4, -0.2) is 35.0 Å². The van der Waals surface area contributed by atoms with E-state index in [1.807, 2.05) is 4.90 Å². The lowest BCUT2D eigenvalue weighted by molar-refractivity contribution is -0.153. The summed E-state index contributed by atoms with van der Waals surface area (Å²) >= 11 is 0. The van der Waals surface area contributed by atoms with E-state index in [1.165, 1.54) is 32.1 Å². The van der Waals surface area contributed by atoms with Gasteiger partial charge >= 0.3 is 5.97 Å². The minimum atomic E-state index is -0.735. The van der Waals surface area contributed by atoms with Crippen LogP contribution in [0.1, 0.15) is 78.1 Å². The Bertz CT molecular complexity index is 333. The Labute approximate surface area is 128 Å². The molecular weight excluding hydrogens is 266 g/mol. The van der Waals surface area contributed by atoms with Crippen LogP contribution in [0.5, 0.6) is 0 Å². The SMILES string of the molecule is CCCCCCCCCC(=O)N1CCC(C)(C(=O)O)CC1. The van der Waals surface area contributed by atoms with E-state index in [4.69, 9.17) is 0 Å². The summed E-state index contributed by atoms with van der Waals surface area (Å²) in [6, 6.07) is 0. The van der Waals surface area contributed by atoms with Crippen molar-refractivity contribution in [3.8, 4) is 0 Å². The zero-order valence-corrected chi connectivity index (χ0v) is 13.7. The van der Waals surface area contributed by atoms with Gasteiger partial charge in [0.2, 0.25) is 5.91 Å². The van der Waals surface area contributed by atoms with Crippen molar-refractivity contribution in [1.82, 2.24) is 4.90 Å². The monoisotopic (exact) mass is 297 g/mol. The Kier molecular flexibility index (Phi) is 7.76. The molecule has 0 unspecified atom stereocenters. The summed E-state index contributed by atoms with van der Waals surface area (Å²) in [4.78, 5) is 25.1. The fourth-order valence-electron chi connectivity index (χ4n) is 2.85. The van der Waals surface area contributed by atoms with Gasteiger partial charge in [-0.05, 0) is 26.2 Å². The third kappa shape index (κ3) is 6.06. The molecule has 122 valence electrons. The van der Waals surface area contributed by atoms with Gasteiger partial charge in [0.1, 0.15) is 0 Å². The molecule has 1 heterocycles. The van der Waals surface area contributed by atoms with Crippen molar-refractivity contribution >= 4 is 11.9 Å². The average Bonchev–Trinajstić information content (AvgIpc) is 2.46. The number of likely N-dealkylation sites (tertiary alicyclic amines) is 1. The Morgan fingerprint density at radius 2 is 1.52 bits per heavy atom. The van der Waals surface area contributed by atoms with E-state index in [-0.39, 0.29) is 5.91 Å². The number of carboxylic acids is 1. The van der Waals surface area contributed by atoms with Gasteiger partial charge in [0.05, 0.1) is 5.41 Å². The Morgan fingerprint density at radius 1 is 1.00 bits per heavy atom. The second kappa shape index (κ2) is 9.06. The minimum Gasteiger partial charge on any atom is -0.481 e. The first kappa shape index (κ1) is 18.0. The largest absolute Gasteiger partial charge is 0.481 e. The fraction of sp³-hybridized carbons (Fsp3) is 0.882. The zero-order valence-electron chi connectivity index (χ0n) is 13.7. The number of carboxylic acid groups (broad SMARTS) is 1. The van der Waals surface area contributed by atoms with Crippen molar-refractivity contribution in [2.45, 2.75) is 78.1 Å². The van der Waals surface area contributed by atoms with Gasteiger partial charge in [0.25, 0.3) is 0 Å². The van der Waals surface area contributed by atoms with E-state index in [0.717, 1.165) is 12.8 Å². The van der Waals surface area contributed by atoms with Crippen molar-refractivity contribution in [2.24, 2.45) is 5.41 Å². The lowest BCUT2D eigenvalue weighted by Gasteiger charge is -2.36. The van der Waals surface area contributed by atoms with Crippen molar-refractivity contribution in [2.75, 3.05) is 13.1 Å². The summed E-state index contributed by atoms with van der Waals surface area (Å²) in [5.41, 5.74) is -0.643. The molecule has 1 fully saturated rings. The van der Waals surface area contributed by atoms with Gasteiger partial charge in [0, 0.05) is 19.5 Å². The van der Waals surface area contributed by atoms with Crippen LogP contribution in [0.2, 0.25) is 0 Å². The number of piperidine rings is 1. The maximum atomic E-state index is 12.1. The van der Waals surface area contributed by atoms with Gasteiger partial charge in [0.15, 0.2) is 0 Å². The molecule has 0 spiro atoms. The molecule has 1 aliphatic rings. The predicted octanol–water partition coefficient (Wildman–Crippen LogP) is 3.84. The van der Waals surface area contributed by atoms with Crippen LogP contribution in [0.3, 0.4) is 0 Å². The molecule has 1 amide bonds. The summed E-state index contributed by atoms with van der Waals surface area (Å²) in [5.74, 6) is -0.530. The van der Waals surface area contributed by atoms with Crippen LogP contribution in [0.15, 0.2) is 0 Å². The van der Waals surface area contributed by atoms with Gasteiger partial charge in [-0.3, -0.25) is 9.59 Å². The first-order chi connectivity index (χ1) is 9.99. The number of hydrogen-bond donors (Lipinski definition) is 1. The van der Waals surface area contributed by atoms with Crippen molar-refractivity contribution < 1.29 is 14.7 Å². The lowest BCUT2D eigenvalue weighted by Crippen LogP contribution is -2.45. The molecule has 21 heavy (non-hydrogen) atoms. The van der Waals surface area contributed by atoms with Crippen LogP contribution < -0.4 is 0 Å². The smallest absolute Gasteiger partial charge is 0.309 e. The number of carbonyl (C=O) groups excluding carboxylic acids is 1. The highest BCUT2D eigenvalue weighted by molar-refractivity contribution is 5.78. The Balaban J connectivity index is 2.13. The molecule has 1 aliphatic heterocycles. The predicted molar refractivity (Wildman–Crippen MR) is 84.2 cm³/mol. The molecular formula is C17H31NO3. The molecule has 0 aliphatic carbocycles. The second-order valence-electron chi connectivity index (χ2n) is 6.62. The third-order valence-corrected chi connectivity index (χ3v) is 4.73. The maximum absolute atomic E-state index is 12.1. The van der Waals surface area contributed by atoms with Crippen LogP contribution in [0.4, 0.5) is 0 Å². The average molecular weight is 297 g/mol. The van der Waals surface area contributed by atoms with E-state index < -0.39 is 11.4 Å². The number of hydrogen-bond acceptors (Lipinski definition) is 2. The van der Waals surface area contributed by atoms with E-state index in [1.54, 1.807) is 6.92 Å². The minimum absolute atomic E-state index is 0.205. The van der Waals surface area contributed by atoms with E-state index >= 15 is 0 Å². The highest BCUT2D eigenvalue weighted by Gasteiger charge is 2.37. The molecule has 1 N–H and O–H groups in total.